The number of halogens is 1. The normalized spacial score (nSPS) is 14.8. The Morgan fingerprint density at radius 1 is 0.750 bits per heavy atom. The van der Waals surface area contributed by atoms with Crippen molar-refractivity contribution in [3.8, 4) is 23.0 Å². The molecule has 2 heterocycles. The van der Waals surface area contributed by atoms with E-state index in [4.69, 9.17) is 40.8 Å². The van der Waals surface area contributed by atoms with Crippen LogP contribution in [0.15, 0.2) is 18.2 Å². The maximum atomic E-state index is 12.7. The molecule has 2 amide bonds. The van der Waals surface area contributed by atoms with Gasteiger partial charge in [0.2, 0.25) is 11.8 Å². The molecule has 12 nitrogen and oxygen atoms in total. The second-order valence-corrected chi connectivity index (χ2v) is 11.4. The Bertz CT molecular complexity index is 1450. The van der Waals surface area contributed by atoms with Gasteiger partial charge in [0.1, 0.15) is 0 Å². The van der Waals surface area contributed by atoms with Crippen molar-refractivity contribution in [3.05, 3.63) is 45.5 Å². The number of carboxylic acid groups (broad SMARTS) is 2. The molecule has 0 fully saturated rings. The standard InChI is InChI=1S/C31H37ClN2O10/c1-17(30(37)38)8-26(35)33-13-19-10-23(41-3)24(11-20(19)14-33)43-6-5-7-44-29-25(42-4)12-21-15-34(16-22(21)28(29)32)27(36)9-18(2)31(39)40/h10-12,17-18H,5-9,13-16H2,1-4H3,(H,37,38)(H,39,40)/t17-,18-/m0/s1. The first-order valence-electron chi connectivity index (χ1n) is 14.3. The smallest absolute Gasteiger partial charge is 0.306 e. The lowest BCUT2D eigenvalue weighted by Crippen LogP contribution is -2.28. The van der Waals surface area contributed by atoms with Crippen LogP contribution in [0.3, 0.4) is 0 Å². The van der Waals surface area contributed by atoms with Crippen LogP contribution < -0.4 is 18.9 Å². The molecule has 2 aromatic rings. The Morgan fingerprint density at radius 3 is 1.77 bits per heavy atom. The molecule has 0 bridgehead atoms. The number of ether oxygens (including phenoxy) is 4. The maximum Gasteiger partial charge on any atom is 0.306 e. The summed E-state index contributed by atoms with van der Waals surface area (Å²) in [5.41, 5.74) is 3.39. The zero-order chi connectivity index (χ0) is 32.1. The molecule has 0 spiro atoms. The van der Waals surface area contributed by atoms with E-state index in [1.165, 1.54) is 28.1 Å². The average Bonchev–Trinajstić information content (AvgIpc) is 3.61. The number of amides is 2. The molecular formula is C31H37ClN2O10. The number of carbonyl (C=O) groups is 4. The van der Waals surface area contributed by atoms with E-state index in [1.54, 1.807) is 15.9 Å². The van der Waals surface area contributed by atoms with Crippen LogP contribution in [-0.2, 0) is 45.4 Å². The largest absolute Gasteiger partial charge is 0.493 e. The van der Waals surface area contributed by atoms with Crippen LogP contribution in [-0.4, -0.2) is 71.2 Å². The van der Waals surface area contributed by atoms with Crippen molar-refractivity contribution in [2.24, 2.45) is 11.8 Å². The van der Waals surface area contributed by atoms with E-state index in [9.17, 15) is 19.2 Å². The topological polar surface area (TPSA) is 152 Å². The molecule has 13 heteroatoms. The zero-order valence-electron chi connectivity index (χ0n) is 25.2. The van der Waals surface area contributed by atoms with Gasteiger partial charge in [-0.2, -0.15) is 0 Å². The number of benzene rings is 2. The molecule has 2 aromatic carbocycles. The molecule has 2 atom stereocenters. The van der Waals surface area contributed by atoms with Gasteiger partial charge in [0.15, 0.2) is 23.0 Å². The summed E-state index contributed by atoms with van der Waals surface area (Å²) in [5.74, 6) is -2.21. The van der Waals surface area contributed by atoms with Gasteiger partial charge in [0.05, 0.1) is 44.3 Å². The lowest BCUT2D eigenvalue weighted by molar-refractivity contribution is -0.145. The fraction of sp³-hybridized carbons (Fsp3) is 0.484. The van der Waals surface area contributed by atoms with Crippen molar-refractivity contribution < 1.29 is 48.3 Å². The first-order chi connectivity index (χ1) is 20.9. The van der Waals surface area contributed by atoms with Gasteiger partial charge in [-0.15, -0.1) is 0 Å². The minimum atomic E-state index is -1.02. The van der Waals surface area contributed by atoms with Gasteiger partial charge in [0, 0.05) is 45.4 Å². The second kappa shape index (κ2) is 14.1. The maximum absolute atomic E-state index is 12.7. The van der Waals surface area contributed by atoms with Gasteiger partial charge in [-0.1, -0.05) is 25.4 Å². The average molecular weight is 633 g/mol. The van der Waals surface area contributed by atoms with E-state index in [2.05, 4.69) is 0 Å². The molecule has 44 heavy (non-hydrogen) atoms. The lowest BCUT2D eigenvalue weighted by Gasteiger charge is -2.17. The summed E-state index contributed by atoms with van der Waals surface area (Å²) in [5, 5.41) is 18.6. The molecule has 0 saturated heterocycles. The molecule has 0 radical (unpaired) electrons. The van der Waals surface area contributed by atoms with Crippen molar-refractivity contribution in [1.29, 1.82) is 0 Å². The Morgan fingerprint density at radius 2 is 1.23 bits per heavy atom. The third-order valence-corrected chi connectivity index (χ3v) is 8.22. The van der Waals surface area contributed by atoms with Gasteiger partial charge >= 0.3 is 11.9 Å². The third-order valence-electron chi connectivity index (χ3n) is 7.82. The SMILES string of the molecule is COc1cc2c(cc1OCCCOc1c(OC)cc3c(c1Cl)CN(C(=O)C[C@H](C)C(=O)O)C3)CN(C(=O)C[C@H](C)C(=O)O)C2. The number of rotatable bonds is 14. The molecule has 0 unspecified atom stereocenters. The molecule has 0 saturated carbocycles. The van der Waals surface area contributed by atoms with Gasteiger partial charge < -0.3 is 39.0 Å². The highest BCUT2D eigenvalue weighted by Gasteiger charge is 2.31. The molecule has 238 valence electrons. The first kappa shape index (κ1) is 32.7. The number of hydrogen-bond acceptors (Lipinski definition) is 8. The van der Waals surface area contributed by atoms with Crippen LogP contribution in [0.25, 0.3) is 0 Å². The fourth-order valence-corrected chi connectivity index (χ4v) is 5.48. The predicted molar refractivity (Wildman–Crippen MR) is 158 cm³/mol. The van der Waals surface area contributed by atoms with Crippen LogP contribution in [0.1, 0.15) is 55.4 Å². The number of aliphatic carboxylic acids is 2. The predicted octanol–water partition coefficient (Wildman–Crippen LogP) is 4.11. The summed E-state index contributed by atoms with van der Waals surface area (Å²) in [6.07, 6.45) is 0.330. The van der Waals surface area contributed by atoms with Crippen LogP contribution in [0.5, 0.6) is 23.0 Å². The van der Waals surface area contributed by atoms with E-state index in [-0.39, 0.29) is 37.8 Å². The monoisotopic (exact) mass is 632 g/mol. The van der Waals surface area contributed by atoms with E-state index in [1.807, 2.05) is 12.1 Å². The number of hydrogen-bond donors (Lipinski definition) is 2. The van der Waals surface area contributed by atoms with Gasteiger partial charge in [-0.3, -0.25) is 19.2 Å². The minimum Gasteiger partial charge on any atom is -0.493 e. The van der Waals surface area contributed by atoms with Crippen LogP contribution in [0, 0.1) is 11.8 Å². The number of fused-ring (bicyclic) bond motifs is 2. The Balaban J connectivity index is 1.33. The Hall–Kier alpha value is -4.19. The summed E-state index contributed by atoms with van der Waals surface area (Å²) in [4.78, 5) is 50.8. The van der Waals surface area contributed by atoms with E-state index < -0.39 is 23.8 Å². The fourth-order valence-electron chi connectivity index (χ4n) is 5.15. The summed E-state index contributed by atoms with van der Waals surface area (Å²) >= 11 is 6.70. The molecule has 0 aromatic heterocycles. The molecule has 2 aliphatic heterocycles. The van der Waals surface area contributed by atoms with E-state index in [0.717, 1.165) is 22.3 Å². The van der Waals surface area contributed by atoms with Crippen molar-refractivity contribution >= 4 is 35.4 Å². The van der Waals surface area contributed by atoms with Crippen molar-refractivity contribution in [2.75, 3.05) is 27.4 Å². The van der Waals surface area contributed by atoms with Crippen LogP contribution >= 0.6 is 11.6 Å². The van der Waals surface area contributed by atoms with Crippen molar-refractivity contribution in [1.82, 2.24) is 9.80 Å². The lowest BCUT2D eigenvalue weighted by atomic mass is 10.1. The van der Waals surface area contributed by atoms with Crippen LogP contribution in [0.2, 0.25) is 5.02 Å². The molecule has 2 aliphatic rings. The van der Waals surface area contributed by atoms with Gasteiger partial charge in [-0.25, -0.2) is 0 Å². The molecule has 2 N–H and O–H groups in total. The highest BCUT2D eigenvalue weighted by Crippen LogP contribution is 2.43. The third kappa shape index (κ3) is 7.29. The van der Waals surface area contributed by atoms with E-state index >= 15 is 0 Å². The number of carbonyl (C=O) groups excluding carboxylic acids is 2. The van der Waals surface area contributed by atoms with Crippen LogP contribution in [0.4, 0.5) is 0 Å². The summed E-state index contributed by atoms with van der Waals surface area (Å²) in [6, 6.07) is 5.46. The summed E-state index contributed by atoms with van der Waals surface area (Å²) in [6.45, 7) is 4.86. The molecule has 4 rings (SSSR count). The minimum absolute atomic E-state index is 0.0642. The second-order valence-electron chi connectivity index (χ2n) is 11.1. The zero-order valence-corrected chi connectivity index (χ0v) is 25.9. The van der Waals surface area contributed by atoms with Gasteiger partial charge in [-0.05, 0) is 40.5 Å². The number of carboxylic acids is 2. The summed E-state index contributed by atoms with van der Waals surface area (Å²) < 4.78 is 23.0. The van der Waals surface area contributed by atoms with Crippen molar-refractivity contribution in [3.63, 3.8) is 0 Å². The van der Waals surface area contributed by atoms with E-state index in [0.29, 0.717) is 60.7 Å². The Labute approximate surface area is 260 Å². The summed E-state index contributed by atoms with van der Waals surface area (Å²) in [7, 11) is 3.04. The molecular weight excluding hydrogens is 596 g/mol. The Kier molecular flexibility index (Phi) is 10.5. The number of methoxy groups -OCH3 is 2. The quantitative estimate of drug-likeness (QED) is 0.291. The highest BCUT2D eigenvalue weighted by atomic mass is 35.5. The first-order valence-corrected chi connectivity index (χ1v) is 14.7. The highest BCUT2D eigenvalue weighted by molar-refractivity contribution is 6.33. The van der Waals surface area contributed by atoms with Gasteiger partial charge in [0.25, 0.3) is 0 Å². The number of nitrogens with zero attached hydrogens (tertiary/aromatic N) is 2. The van der Waals surface area contributed by atoms with Crippen molar-refractivity contribution in [2.45, 2.75) is 59.3 Å². The molecule has 0 aliphatic carbocycles.